The average Bonchev–Trinajstić information content (AvgIpc) is 2.32. The van der Waals surface area contributed by atoms with Crippen LogP contribution in [0.1, 0.15) is 18.9 Å². The Bertz CT molecular complexity index is 543. The summed E-state index contributed by atoms with van der Waals surface area (Å²) in [5, 5.41) is 0. The van der Waals surface area contributed by atoms with Gasteiger partial charge >= 0.3 is 6.18 Å². The van der Waals surface area contributed by atoms with E-state index in [4.69, 9.17) is 15.4 Å². The smallest absolute Gasteiger partial charge is 0.416 e. The van der Waals surface area contributed by atoms with Crippen LogP contribution in [0.3, 0.4) is 0 Å². The van der Waals surface area contributed by atoms with E-state index in [1.54, 1.807) is 6.92 Å². The second kappa shape index (κ2) is 6.67. The fourth-order valence-corrected chi connectivity index (χ4v) is 2.97. The van der Waals surface area contributed by atoms with Crippen molar-refractivity contribution in [2.24, 2.45) is 5.92 Å². The maximum atomic E-state index is 12.5. The Labute approximate surface area is 120 Å². The molecule has 0 radical (unpaired) electrons. The lowest BCUT2D eigenvalue weighted by atomic mass is 10.1. The van der Waals surface area contributed by atoms with Crippen molar-refractivity contribution in [3.63, 3.8) is 0 Å². The van der Waals surface area contributed by atoms with Crippen LogP contribution < -0.4 is 4.74 Å². The molecule has 0 saturated carbocycles. The maximum absolute atomic E-state index is 12.5. The third-order valence-corrected chi connectivity index (χ3v) is 3.91. The van der Waals surface area contributed by atoms with Gasteiger partial charge in [-0.2, -0.15) is 13.2 Å². The minimum absolute atomic E-state index is 0.0102. The number of benzene rings is 1. The van der Waals surface area contributed by atoms with Gasteiger partial charge in [0.2, 0.25) is 9.05 Å². The van der Waals surface area contributed by atoms with Crippen LogP contribution in [0, 0.1) is 5.92 Å². The van der Waals surface area contributed by atoms with E-state index >= 15 is 0 Å². The molecule has 1 aromatic carbocycles. The van der Waals surface area contributed by atoms with Crippen molar-refractivity contribution in [2.75, 3.05) is 12.4 Å². The second-order valence-corrected chi connectivity index (χ2v) is 7.14. The van der Waals surface area contributed by atoms with E-state index in [2.05, 4.69) is 0 Å². The molecule has 0 fully saturated rings. The molecule has 0 heterocycles. The fraction of sp³-hybridized carbons (Fsp3) is 0.500. The number of halogens is 4. The molecular weight excluding hydrogens is 317 g/mol. The molecule has 0 aromatic heterocycles. The highest BCUT2D eigenvalue weighted by atomic mass is 35.7. The SMILES string of the molecule is CCC(COc1cccc(C(F)(F)F)c1)CS(=O)(=O)Cl. The van der Waals surface area contributed by atoms with Gasteiger partial charge in [-0.1, -0.05) is 13.0 Å². The summed E-state index contributed by atoms with van der Waals surface area (Å²) in [7, 11) is 1.48. The number of rotatable bonds is 6. The van der Waals surface area contributed by atoms with Crippen LogP contribution in [0.4, 0.5) is 13.2 Å². The highest BCUT2D eigenvalue weighted by Crippen LogP contribution is 2.31. The zero-order valence-corrected chi connectivity index (χ0v) is 12.2. The van der Waals surface area contributed by atoms with E-state index in [1.165, 1.54) is 12.1 Å². The van der Waals surface area contributed by atoms with Gasteiger partial charge in [-0.3, -0.25) is 0 Å². The van der Waals surface area contributed by atoms with Crippen LogP contribution in [0.15, 0.2) is 24.3 Å². The molecule has 1 unspecified atom stereocenters. The van der Waals surface area contributed by atoms with Crippen molar-refractivity contribution in [2.45, 2.75) is 19.5 Å². The molecule has 1 aromatic rings. The molecule has 0 spiro atoms. The van der Waals surface area contributed by atoms with Crippen molar-refractivity contribution >= 4 is 19.7 Å². The first-order valence-corrected chi connectivity index (χ1v) is 8.32. The predicted octanol–water partition coefficient (Wildman–Crippen LogP) is 3.68. The largest absolute Gasteiger partial charge is 0.493 e. The molecule has 0 amide bonds. The Kier molecular flexibility index (Phi) is 5.70. The Morgan fingerprint density at radius 1 is 1.35 bits per heavy atom. The second-order valence-electron chi connectivity index (χ2n) is 4.32. The molecule has 8 heteroatoms. The van der Waals surface area contributed by atoms with E-state index in [9.17, 15) is 21.6 Å². The van der Waals surface area contributed by atoms with Crippen LogP contribution in [-0.4, -0.2) is 20.8 Å². The minimum atomic E-state index is -4.44. The van der Waals surface area contributed by atoms with Crippen molar-refractivity contribution in [3.8, 4) is 5.75 Å². The van der Waals surface area contributed by atoms with Crippen LogP contribution >= 0.6 is 10.7 Å². The summed E-state index contributed by atoms with van der Waals surface area (Å²) >= 11 is 0. The zero-order valence-electron chi connectivity index (χ0n) is 10.7. The minimum Gasteiger partial charge on any atom is -0.493 e. The summed E-state index contributed by atoms with van der Waals surface area (Å²) in [4.78, 5) is 0. The summed E-state index contributed by atoms with van der Waals surface area (Å²) in [6.07, 6.45) is -3.95. The fourth-order valence-electron chi connectivity index (χ4n) is 1.54. The summed E-state index contributed by atoms with van der Waals surface area (Å²) < 4.78 is 64.6. The molecule has 1 atom stereocenters. The quantitative estimate of drug-likeness (QED) is 0.747. The Hall–Kier alpha value is -0.950. The van der Waals surface area contributed by atoms with Gasteiger partial charge in [-0.15, -0.1) is 0 Å². The number of ether oxygens (including phenoxy) is 1. The van der Waals surface area contributed by atoms with Gasteiger partial charge in [-0.05, 0) is 24.6 Å². The van der Waals surface area contributed by atoms with Crippen LogP contribution in [-0.2, 0) is 15.2 Å². The van der Waals surface area contributed by atoms with Gasteiger partial charge in [-0.25, -0.2) is 8.42 Å². The van der Waals surface area contributed by atoms with Gasteiger partial charge in [0.25, 0.3) is 0 Å². The predicted molar refractivity (Wildman–Crippen MR) is 70.4 cm³/mol. The van der Waals surface area contributed by atoms with Gasteiger partial charge in [0, 0.05) is 16.6 Å². The first-order valence-electron chi connectivity index (χ1n) is 5.84. The van der Waals surface area contributed by atoms with Crippen molar-refractivity contribution in [1.29, 1.82) is 0 Å². The lowest BCUT2D eigenvalue weighted by molar-refractivity contribution is -0.137. The van der Waals surface area contributed by atoms with E-state index in [1.807, 2.05) is 0 Å². The normalized spacial score (nSPS) is 14.1. The highest BCUT2D eigenvalue weighted by molar-refractivity contribution is 8.13. The van der Waals surface area contributed by atoms with E-state index in [-0.39, 0.29) is 24.0 Å². The molecule has 3 nitrogen and oxygen atoms in total. The number of alkyl halides is 3. The van der Waals surface area contributed by atoms with Crippen molar-refractivity contribution in [3.05, 3.63) is 29.8 Å². The summed E-state index contributed by atoms with van der Waals surface area (Å²) in [5.41, 5.74) is -0.812. The molecule has 0 bridgehead atoms. The summed E-state index contributed by atoms with van der Waals surface area (Å²) in [6.45, 7) is 1.74. The van der Waals surface area contributed by atoms with E-state index < -0.39 is 20.8 Å². The molecule has 0 aliphatic heterocycles. The Morgan fingerprint density at radius 3 is 2.50 bits per heavy atom. The van der Waals surface area contributed by atoms with Crippen molar-refractivity contribution in [1.82, 2.24) is 0 Å². The molecule has 0 saturated heterocycles. The third kappa shape index (κ3) is 6.00. The number of hydrogen-bond acceptors (Lipinski definition) is 3. The Balaban J connectivity index is 2.69. The zero-order chi connectivity index (χ0) is 15.4. The Morgan fingerprint density at radius 2 is 2.00 bits per heavy atom. The third-order valence-electron chi connectivity index (χ3n) is 2.66. The molecule has 20 heavy (non-hydrogen) atoms. The summed E-state index contributed by atoms with van der Waals surface area (Å²) in [5.74, 6) is -0.596. The monoisotopic (exact) mass is 330 g/mol. The lowest BCUT2D eigenvalue weighted by Crippen LogP contribution is -2.19. The van der Waals surface area contributed by atoms with Crippen LogP contribution in [0.5, 0.6) is 5.75 Å². The summed E-state index contributed by atoms with van der Waals surface area (Å²) in [6, 6.07) is 4.43. The number of hydrogen-bond donors (Lipinski definition) is 0. The van der Waals surface area contributed by atoms with Crippen LogP contribution in [0.25, 0.3) is 0 Å². The molecule has 0 aliphatic rings. The van der Waals surface area contributed by atoms with Gasteiger partial charge in [0.15, 0.2) is 0 Å². The first kappa shape index (κ1) is 17.1. The first-order chi connectivity index (χ1) is 9.12. The topological polar surface area (TPSA) is 43.4 Å². The van der Waals surface area contributed by atoms with E-state index in [0.29, 0.717) is 6.42 Å². The highest BCUT2D eigenvalue weighted by Gasteiger charge is 2.30. The molecular formula is C12H14ClF3O3S. The lowest BCUT2D eigenvalue weighted by Gasteiger charge is -2.15. The van der Waals surface area contributed by atoms with E-state index in [0.717, 1.165) is 12.1 Å². The molecule has 0 aliphatic carbocycles. The van der Waals surface area contributed by atoms with Crippen molar-refractivity contribution < 1.29 is 26.3 Å². The molecule has 114 valence electrons. The maximum Gasteiger partial charge on any atom is 0.416 e. The standard InChI is InChI=1S/C12H14ClF3O3S/c1-2-9(8-20(13,17)18)7-19-11-5-3-4-10(6-11)12(14,15)16/h3-6,9H,2,7-8H2,1H3. The van der Waals surface area contributed by atoms with Gasteiger partial charge in [0.05, 0.1) is 17.9 Å². The molecule has 0 N–H and O–H groups in total. The van der Waals surface area contributed by atoms with Gasteiger partial charge < -0.3 is 4.74 Å². The van der Waals surface area contributed by atoms with Gasteiger partial charge in [0.1, 0.15) is 5.75 Å². The molecule has 1 rings (SSSR count). The van der Waals surface area contributed by atoms with Crippen LogP contribution in [0.2, 0.25) is 0 Å². The average molecular weight is 331 g/mol.